The van der Waals surface area contributed by atoms with Crippen molar-refractivity contribution in [2.24, 2.45) is 0 Å². The summed E-state index contributed by atoms with van der Waals surface area (Å²) in [5.74, 6) is 0. The van der Waals surface area contributed by atoms with E-state index >= 15 is 0 Å². The minimum atomic E-state index is -4.34. The highest BCUT2D eigenvalue weighted by Gasteiger charge is 2.30. The van der Waals surface area contributed by atoms with Crippen molar-refractivity contribution in [2.75, 3.05) is 0 Å². The summed E-state index contributed by atoms with van der Waals surface area (Å²) < 4.78 is 37.6. The Kier molecular flexibility index (Phi) is 2.77. The first-order valence-electron chi connectivity index (χ1n) is 5.26. The summed E-state index contributed by atoms with van der Waals surface area (Å²) in [7, 11) is 0. The second-order valence-electron chi connectivity index (χ2n) is 3.81. The summed E-state index contributed by atoms with van der Waals surface area (Å²) in [6, 6.07) is 3.43. The van der Waals surface area contributed by atoms with Crippen molar-refractivity contribution in [3.05, 3.63) is 35.2 Å². The van der Waals surface area contributed by atoms with Gasteiger partial charge in [-0.3, -0.25) is 0 Å². The molecule has 0 atom stereocenters. The first-order chi connectivity index (χ1) is 7.91. The molecule has 1 heterocycles. The van der Waals surface area contributed by atoms with Crippen molar-refractivity contribution < 1.29 is 13.2 Å². The number of nitrogens with zero attached hydrogens (tertiary/aromatic N) is 2. The van der Waals surface area contributed by atoms with Gasteiger partial charge in [-0.05, 0) is 31.5 Å². The Morgan fingerprint density at radius 2 is 1.82 bits per heavy atom. The van der Waals surface area contributed by atoms with Crippen molar-refractivity contribution in [3.8, 4) is 0 Å². The van der Waals surface area contributed by atoms with E-state index in [4.69, 9.17) is 0 Å². The lowest BCUT2D eigenvalue weighted by atomic mass is 10.1. The molecule has 5 heteroatoms. The molecule has 0 radical (unpaired) electrons. The van der Waals surface area contributed by atoms with E-state index in [0.717, 1.165) is 23.5 Å². The van der Waals surface area contributed by atoms with Crippen LogP contribution in [0.2, 0.25) is 0 Å². The number of hydrogen-bond donors (Lipinski definition) is 0. The minimum Gasteiger partial charge on any atom is -0.250 e. The van der Waals surface area contributed by atoms with Gasteiger partial charge in [-0.1, -0.05) is 6.92 Å². The largest absolute Gasteiger partial charge is 0.416 e. The number of fused-ring (bicyclic) bond motifs is 1. The molecule has 17 heavy (non-hydrogen) atoms. The minimum absolute atomic E-state index is 0.294. The standard InChI is InChI=1S/C12H11F3N2/c1-3-9-7(2)16-10-5-4-8(12(13,14)15)6-11(10)17-9/h4-6H,3H2,1-2H3. The first-order valence-corrected chi connectivity index (χ1v) is 5.26. The summed E-state index contributed by atoms with van der Waals surface area (Å²) in [5.41, 5.74) is 1.59. The van der Waals surface area contributed by atoms with E-state index in [1.807, 2.05) is 13.8 Å². The highest BCUT2D eigenvalue weighted by molar-refractivity contribution is 5.75. The van der Waals surface area contributed by atoms with Gasteiger partial charge in [-0.15, -0.1) is 0 Å². The van der Waals surface area contributed by atoms with Gasteiger partial charge in [-0.25, -0.2) is 9.97 Å². The fourth-order valence-corrected chi connectivity index (χ4v) is 1.69. The number of alkyl halides is 3. The van der Waals surface area contributed by atoms with Gasteiger partial charge in [0.2, 0.25) is 0 Å². The van der Waals surface area contributed by atoms with Crippen molar-refractivity contribution in [3.63, 3.8) is 0 Å². The Hall–Kier alpha value is -1.65. The number of halogens is 3. The molecule has 1 aromatic heterocycles. The van der Waals surface area contributed by atoms with Gasteiger partial charge in [0.1, 0.15) is 0 Å². The zero-order valence-corrected chi connectivity index (χ0v) is 9.47. The van der Waals surface area contributed by atoms with E-state index < -0.39 is 11.7 Å². The van der Waals surface area contributed by atoms with Crippen LogP contribution in [0.5, 0.6) is 0 Å². The van der Waals surface area contributed by atoms with Gasteiger partial charge in [0.05, 0.1) is 28.0 Å². The van der Waals surface area contributed by atoms with Gasteiger partial charge in [0.25, 0.3) is 0 Å². The van der Waals surface area contributed by atoms with Crippen LogP contribution in [0.15, 0.2) is 18.2 Å². The van der Waals surface area contributed by atoms with E-state index in [0.29, 0.717) is 17.5 Å². The average molecular weight is 240 g/mol. The normalized spacial score (nSPS) is 12.1. The number of hydrogen-bond acceptors (Lipinski definition) is 2. The van der Waals surface area contributed by atoms with Crippen LogP contribution in [-0.2, 0) is 12.6 Å². The predicted octanol–water partition coefficient (Wildman–Crippen LogP) is 3.52. The maximum Gasteiger partial charge on any atom is 0.416 e. The maximum absolute atomic E-state index is 12.5. The van der Waals surface area contributed by atoms with E-state index in [-0.39, 0.29) is 0 Å². The van der Waals surface area contributed by atoms with Crippen LogP contribution < -0.4 is 0 Å². The smallest absolute Gasteiger partial charge is 0.250 e. The van der Waals surface area contributed by atoms with Crippen LogP contribution in [0, 0.1) is 6.92 Å². The highest BCUT2D eigenvalue weighted by Crippen LogP contribution is 2.30. The van der Waals surface area contributed by atoms with Crippen molar-refractivity contribution >= 4 is 11.0 Å². The molecule has 2 nitrogen and oxygen atoms in total. The monoisotopic (exact) mass is 240 g/mol. The summed E-state index contributed by atoms with van der Waals surface area (Å²) in [6.07, 6.45) is -3.68. The molecule has 0 aliphatic carbocycles. The molecular weight excluding hydrogens is 229 g/mol. The molecule has 0 fully saturated rings. The lowest BCUT2D eigenvalue weighted by Gasteiger charge is -2.08. The molecule has 2 rings (SSSR count). The van der Waals surface area contributed by atoms with E-state index in [2.05, 4.69) is 9.97 Å². The molecule has 0 aliphatic rings. The fraction of sp³-hybridized carbons (Fsp3) is 0.333. The molecule has 90 valence electrons. The van der Waals surface area contributed by atoms with Crippen LogP contribution in [0.25, 0.3) is 11.0 Å². The average Bonchev–Trinajstić information content (AvgIpc) is 2.26. The summed E-state index contributed by atoms with van der Waals surface area (Å²) in [4.78, 5) is 8.44. The van der Waals surface area contributed by atoms with Gasteiger partial charge >= 0.3 is 6.18 Å². The quantitative estimate of drug-likeness (QED) is 0.762. The number of rotatable bonds is 1. The third-order valence-corrected chi connectivity index (χ3v) is 2.60. The van der Waals surface area contributed by atoms with Gasteiger partial charge < -0.3 is 0 Å². The Morgan fingerprint density at radius 3 is 2.41 bits per heavy atom. The molecule has 1 aromatic carbocycles. The molecule has 0 bridgehead atoms. The highest BCUT2D eigenvalue weighted by atomic mass is 19.4. The van der Waals surface area contributed by atoms with Crippen LogP contribution in [0.1, 0.15) is 23.9 Å². The number of aromatic nitrogens is 2. The van der Waals surface area contributed by atoms with E-state index in [9.17, 15) is 13.2 Å². The third-order valence-electron chi connectivity index (χ3n) is 2.60. The topological polar surface area (TPSA) is 25.8 Å². The molecule has 0 unspecified atom stereocenters. The van der Waals surface area contributed by atoms with Crippen LogP contribution in [0.4, 0.5) is 13.2 Å². The SMILES string of the molecule is CCc1nc2cc(C(F)(F)F)ccc2nc1C. The summed E-state index contributed by atoms with van der Waals surface area (Å²) in [6.45, 7) is 3.71. The summed E-state index contributed by atoms with van der Waals surface area (Å²) >= 11 is 0. The zero-order chi connectivity index (χ0) is 12.6. The molecule has 0 spiro atoms. The molecule has 2 aromatic rings. The van der Waals surface area contributed by atoms with Crippen molar-refractivity contribution in [2.45, 2.75) is 26.4 Å². The third kappa shape index (κ3) is 2.23. The lowest BCUT2D eigenvalue weighted by Crippen LogP contribution is -2.05. The molecule has 0 amide bonds. The van der Waals surface area contributed by atoms with Gasteiger partial charge in [0.15, 0.2) is 0 Å². The molecule has 0 aliphatic heterocycles. The van der Waals surface area contributed by atoms with E-state index in [1.54, 1.807) is 0 Å². The molecule has 0 saturated heterocycles. The van der Waals surface area contributed by atoms with Crippen molar-refractivity contribution in [1.82, 2.24) is 9.97 Å². The van der Waals surface area contributed by atoms with Gasteiger partial charge in [0, 0.05) is 0 Å². The zero-order valence-electron chi connectivity index (χ0n) is 9.47. The van der Waals surface area contributed by atoms with Crippen molar-refractivity contribution in [1.29, 1.82) is 0 Å². The van der Waals surface area contributed by atoms with Crippen LogP contribution >= 0.6 is 0 Å². The van der Waals surface area contributed by atoms with E-state index in [1.165, 1.54) is 6.07 Å². The first kappa shape index (κ1) is 11.8. The van der Waals surface area contributed by atoms with Crippen LogP contribution in [0.3, 0.4) is 0 Å². The Labute approximate surface area is 96.5 Å². The maximum atomic E-state index is 12.5. The van der Waals surface area contributed by atoms with Gasteiger partial charge in [-0.2, -0.15) is 13.2 Å². The second kappa shape index (κ2) is 3.98. The Balaban J connectivity index is 2.65. The van der Waals surface area contributed by atoms with Crippen LogP contribution in [-0.4, -0.2) is 9.97 Å². The Morgan fingerprint density at radius 1 is 1.12 bits per heavy atom. The fourth-order valence-electron chi connectivity index (χ4n) is 1.69. The summed E-state index contributed by atoms with van der Waals surface area (Å²) in [5, 5.41) is 0. The number of benzene rings is 1. The molecular formula is C12H11F3N2. The second-order valence-corrected chi connectivity index (χ2v) is 3.81. The number of aryl methyl sites for hydroxylation is 2. The molecule has 0 saturated carbocycles. The molecule has 0 N–H and O–H groups in total. The predicted molar refractivity (Wildman–Crippen MR) is 58.7 cm³/mol. The lowest BCUT2D eigenvalue weighted by molar-refractivity contribution is -0.137. The Bertz CT molecular complexity index is 561.